The third-order valence-corrected chi connectivity index (χ3v) is 5.81. The van der Waals surface area contributed by atoms with Gasteiger partial charge in [0, 0.05) is 0 Å². The fourth-order valence-corrected chi connectivity index (χ4v) is 4.53. The molecule has 0 saturated heterocycles. The SMILES string of the molecule is N#CC1=C(N)C(C#N)=c2s/c(=C/c3cccc(F)c3)c(=O)n2[C@H]1c1cccc(F)c1. The van der Waals surface area contributed by atoms with Crippen LogP contribution in [-0.4, -0.2) is 4.57 Å². The van der Waals surface area contributed by atoms with Gasteiger partial charge in [-0.15, -0.1) is 11.3 Å². The first-order valence-corrected chi connectivity index (χ1v) is 9.55. The number of nitrogens with zero attached hydrogens (tertiary/aromatic N) is 3. The summed E-state index contributed by atoms with van der Waals surface area (Å²) >= 11 is 1.01. The summed E-state index contributed by atoms with van der Waals surface area (Å²) in [5.41, 5.74) is 6.37. The Hall–Kier alpha value is -4.01. The predicted molar refractivity (Wildman–Crippen MR) is 108 cm³/mol. The molecule has 0 unspecified atom stereocenters. The zero-order valence-corrected chi connectivity index (χ0v) is 16.1. The molecule has 0 aliphatic carbocycles. The first-order valence-electron chi connectivity index (χ1n) is 8.73. The molecule has 0 saturated carbocycles. The van der Waals surface area contributed by atoms with Crippen molar-refractivity contribution in [2.24, 2.45) is 5.73 Å². The van der Waals surface area contributed by atoms with E-state index in [0.717, 1.165) is 11.3 Å². The Morgan fingerprint density at radius 1 is 1.07 bits per heavy atom. The molecule has 0 fully saturated rings. The molecule has 1 aromatic heterocycles. The van der Waals surface area contributed by atoms with Crippen LogP contribution >= 0.6 is 11.3 Å². The maximum atomic E-state index is 13.9. The maximum absolute atomic E-state index is 13.9. The highest BCUT2D eigenvalue weighted by atomic mass is 32.1. The quantitative estimate of drug-likeness (QED) is 0.689. The molecule has 2 heterocycles. The number of thiazole rings is 1. The van der Waals surface area contributed by atoms with Crippen molar-refractivity contribution in [3.05, 3.63) is 102 Å². The van der Waals surface area contributed by atoms with Crippen LogP contribution in [-0.2, 0) is 0 Å². The number of rotatable bonds is 2. The van der Waals surface area contributed by atoms with E-state index >= 15 is 0 Å². The Morgan fingerprint density at radius 3 is 2.40 bits per heavy atom. The van der Waals surface area contributed by atoms with Crippen molar-refractivity contribution >= 4 is 23.0 Å². The van der Waals surface area contributed by atoms with Crippen LogP contribution in [0.2, 0.25) is 0 Å². The number of hydrogen-bond acceptors (Lipinski definition) is 5. The highest BCUT2D eigenvalue weighted by molar-refractivity contribution is 7.07. The number of halogens is 2. The molecule has 5 nitrogen and oxygen atoms in total. The van der Waals surface area contributed by atoms with Gasteiger partial charge in [-0.3, -0.25) is 9.36 Å². The van der Waals surface area contributed by atoms with Crippen molar-refractivity contribution < 1.29 is 8.78 Å². The van der Waals surface area contributed by atoms with Crippen LogP contribution in [0, 0.1) is 34.3 Å². The highest BCUT2D eigenvalue weighted by Crippen LogP contribution is 2.30. The minimum atomic E-state index is -0.976. The van der Waals surface area contributed by atoms with Crippen molar-refractivity contribution in [2.45, 2.75) is 6.04 Å². The number of fused-ring (bicyclic) bond motifs is 1. The van der Waals surface area contributed by atoms with Crippen LogP contribution < -0.4 is 20.5 Å². The Bertz CT molecular complexity index is 1480. The number of hydrogen-bond donors (Lipinski definition) is 1. The molecule has 0 radical (unpaired) electrons. The van der Waals surface area contributed by atoms with Crippen molar-refractivity contribution in [3.8, 4) is 12.1 Å². The first kappa shape index (κ1) is 19.3. The van der Waals surface area contributed by atoms with E-state index < -0.39 is 23.2 Å². The Kier molecular flexibility index (Phi) is 4.78. The third-order valence-electron chi connectivity index (χ3n) is 4.70. The van der Waals surface area contributed by atoms with Crippen LogP contribution in [0.25, 0.3) is 11.6 Å². The minimum absolute atomic E-state index is 0.000181. The van der Waals surface area contributed by atoms with Crippen molar-refractivity contribution in [3.63, 3.8) is 0 Å². The summed E-state index contributed by atoms with van der Waals surface area (Å²) < 4.78 is 29.2. The molecule has 1 aliphatic heterocycles. The second-order valence-electron chi connectivity index (χ2n) is 6.53. The largest absolute Gasteiger partial charge is 0.397 e. The van der Waals surface area contributed by atoms with Gasteiger partial charge < -0.3 is 5.73 Å². The summed E-state index contributed by atoms with van der Waals surface area (Å²) in [5, 5.41) is 19.3. The van der Waals surface area contributed by atoms with Crippen molar-refractivity contribution in [2.75, 3.05) is 0 Å². The molecular weight excluding hydrogens is 406 g/mol. The van der Waals surface area contributed by atoms with Gasteiger partial charge in [-0.05, 0) is 41.5 Å². The third kappa shape index (κ3) is 3.10. The fraction of sp³-hybridized carbons (Fsp3) is 0.0455. The zero-order valence-electron chi connectivity index (χ0n) is 15.3. The number of aromatic nitrogens is 1. The molecule has 0 bridgehead atoms. The molecule has 8 heteroatoms. The van der Waals surface area contributed by atoms with Crippen LogP contribution in [0.15, 0.2) is 64.6 Å². The standard InChI is InChI=1S/C22H12F2N4OS/c23-14-5-1-3-12(7-14)8-18-21(29)28-20(13-4-2-6-15(24)9-13)16(10-25)19(27)17(11-26)22(28)30-18/h1-9,20H,27H2/b18-8+/t20-/m0/s1. The van der Waals surface area contributed by atoms with Gasteiger partial charge in [0.25, 0.3) is 5.56 Å². The summed E-state index contributed by atoms with van der Waals surface area (Å²) in [7, 11) is 0. The van der Waals surface area contributed by atoms with E-state index in [2.05, 4.69) is 0 Å². The highest BCUT2D eigenvalue weighted by Gasteiger charge is 2.31. The van der Waals surface area contributed by atoms with E-state index in [9.17, 15) is 24.1 Å². The second kappa shape index (κ2) is 7.43. The molecule has 2 N–H and O–H groups in total. The first-order chi connectivity index (χ1) is 14.4. The van der Waals surface area contributed by atoms with E-state index in [-0.39, 0.29) is 26.0 Å². The van der Waals surface area contributed by atoms with Gasteiger partial charge in [-0.2, -0.15) is 10.5 Å². The van der Waals surface area contributed by atoms with Gasteiger partial charge >= 0.3 is 0 Å². The van der Waals surface area contributed by atoms with E-state index in [1.165, 1.54) is 47.0 Å². The van der Waals surface area contributed by atoms with Gasteiger partial charge in [0.2, 0.25) is 0 Å². The monoisotopic (exact) mass is 418 g/mol. The summed E-state index contributed by atoms with van der Waals surface area (Å²) in [6.07, 6.45) is 1.50. The Labute approximate surface area is 173 Å². The van der Waals surface area contributed by atoms with Crippen LogP contribution in [0.1, 0.15) is 17.2 Å². The summed E-state index contributed by atoms with van der Waals surface area (Å²) in [6, 6.07) is 14.2. The molecule has 0 spiro atoms. The van der Waals surface area contributed by atoms with Gasteiger partial charge in [-0.25, -0.2) is 8.78 Å². The van der Waals surface area contributed by atoms with Crippen LogP contribution in [0.5, 0.6) is 0 Å². The molecule has 2 aromatic carbocycles. The average Bonchev–Trinajstić information content (AvgIpc) is 3.03. The normalized spacial score (nSPS) is 16.2. The molecule has 30 heavy (non-hydrogen) atoms. The van der Waals surface area contributed by atoms with Crippen molar-refractivity contribution in [1.29, 1.82) is 10.5 Å². The zero-order chi connectivity index (χ0) is 21.4. The number of allylic oxidation sites excluding steroid dienone is 2. The lowest BCUT2D eigenvalue weighted by molar-refractivity contribution is 0.604. The van der Waals surface area contributed by atoms with E-state index in [0.29, 0.717) is 11.1 Å². The lowest BCUT2D eigenvalue weighted by atomic mass is 9.93. The maximum Gasteiger partial charge on any atom is 0.269 e. The number of benzene rings is 2. The number of nitrogens with two attached hydrogens (primary N) is 1. The van der Waals surface area contributed by atoms with Gasteiger partial charge in [-0.1, -0.05) is 24.3 Å². The lowest BCUT2D eigenvalue weighted by Crippen LogP contribution is -2.40. The minimum Gasteiger partial charge on any atom is -0.397 e. The van der Waals surface area contributed by atoms with E-state index in [1.54, 1.807) is 12.1 Å². The molecule has 146 valence electrons. The van der Waals surface area contributed by atoms with Crippen LogP contribution in [0.3, 0.4) is 0 Å². The summed E-state index contributed by atoms with van der Waals surface area (Å²) in [6.45, 7) is 0. The van der Waals surface area contributed by atoms with Gasteiger partial charge in [0.05, 0.1) is 21.9 Å². The van der Waals surface area contributed by atoms with E-state index in [1.807, 2.05) is 12.1 Å². The molecular formula is C22H12F2N4OS. The Morgan fingerprint density at radius 2 is 1.77 bits per heavy atom. The van der Waals surface area contributed by atoms with Crippen molar-refractivity contribution in [1.82, 2.24) is 4.57 Å². The second-order valence-corrected chi connectivity index (χ2v) is 7.56. The van der Waals surface area contributed by atoms with E-state index in [4.69, 9.17) is 5.73 Å². The van der Waals surface area contributed by atoms with Crippen LogP contribution in [0.4, 0.5) is 8.78 Å². The fourth-order valence-electron chi connectivity index (χ4n) is 3.40. The molecule has 0 amide bonds. The van der Waals surface area contributed by atoms with Gasteiger partial charge in [0.15, 0.2) is 0 Å². The lowest BCUT2D eigenvalue weighted by Gasteiger charge is -2.23. The molecule has 3 aromatic rings. The van der Waals surface area contributed by atoms with Gasteiger partial charge in [0.1, 0.15) is 34.0 Å². The Balaban J connectivity index is 2.09. The topological polar surface area (TPSA) is 95.6 Å². The average molecular weight is 418 g/mol. The summed E-state index contributed by atoms with van der Waals surface area (Å²) in [4.78, 5) is 13.3. The summed E-state index contributed by atoms with van der Waals surface area (Å²) in [5.74, 6) is -0.987. The number of nitriles is 2. The smallest absolute Gasteiger partial charge is 0.269 e. The molecule has 1 atom stereocenters. The molecule has 1 aliphatic rings. The molecule has 4 rings (SSSR count). The predicted octanol–water partition coefficient (Wildman–Crippen LogP) is 2.03.